The van der Waals surface area contributed by atoms with Gasteiger partial charge in [-0.3, -0.25) is 4.79 Å². The van der Waals surface area contributed by atoms with Gasteiger partial charge in [0.25, 0.3) is 0 Å². The van der Waals surface area contributed by atoms with E-state index in [0.29, 0.717) is 6.42 Å². The first kappa shape index (κ1) is 12.3. The molecule has 0 bridgehead atoms. The fraction of sp³-hybridized carbons (Fsp3) is 0.833. The normalized spacial score (nSPS) is 11.2. The maximum absolute atomic E-state index is 10.8. The molecule has 13 heavy (non-hydrogen) atoms. The van der Waals surface area contributed by atoms with E-state index in [1.165, 1.54) is 0 Å². The van der Waals surface area contributed by atoms with Gasteiger partial charge in [-0.2, -0.15) is 0 Å². The molecule has 0 heterocycles. The second-order valence-corrected chi connectivity index (χ2v) is 4.28. The largest absolute Gasteiger partial charge is 0.396 e. The second kappa shape index (κ2) is 5.90. The summed E-state index contributed by atoms with van der Waals surface area (Å²) >= 11 is 0. The molecule has 0 aromatic rings. The molecule has 0 aliphatic heterocycles. The van der Waals surface area contributed by atoms with E-state index in [1.54, 1.807) is 0 Å². The van der Waals surface area contributed by atoms with E-state index in [9.17, 15) is 13.2 Å². The highest BCUT2D eigenvalue weighted by Gasteiger charge is 2.04. The van der Waals surface area contributed by atoms with Crippen molar-refractivity contribution in [2.45, 2.75) is 12.8 Å². The molecule has 0 fully saturated rings. The molecule has 0 aromatic heterocycles. The third kappa shape index (κ3) is 9.25. The average Bonchev–Trinajstić information content (AvgIpc) is 1.98. The Morgan fingerprint density at radius 2 is 2.08 bits per heavy atom. The van der Waals surface area contributed by atoms with Crippen molar-refractivity contribution >= 4 is 15.9 Å². The van der Waals surface area contributed by atoms with Crippen molar-refractivity contribution in [2.24, 2.45) is 5.14 Å². The lowest BCUT2D eigenvalue weighted by Crippen LogP contribution is -2.31. The van der Waals surface area contributed by atoms with Crippen molar-refractivity contribution in [3.63, 3.8) is 0 Å². The van der Waals surface area contributed by atoms with Crippen LogP contribution in [-0.4, -0.2) is 38.3 Å². The van der Waals surface area contributed by atoms with Crippen molar-refractivity contribution in [3.8, 4) is 0 Å². The minimum absolute atomic E-state index is 0.0170. The number of sulfonamides is 1. The predicted molar refractivity (Wildman–Crippen MR) is 47.3 cm³/mol. The topological polar surface area (TPSA) is 109 Å². The zero-order valence-corrected chi connectivity index (χ0v) is 8.01. The summed E-state index contributed by atoms with van der Waals surface area (Å²) in [4.78, 5) is 10.8. The molecule has 6 nitrogen and oxygen atoms in total. The Bertz CT molecular complexity index is 249. The van der Waals surface area contributed by atoms with Gasteiger partial charge in [0.15, 0.2) is 0 Å². The number of rotatable bonds is 6. The van der Waals surface area contributed by atoms with Gasteiger partial charge in [0.05, 0.1) is 5.75 Å². The maximum atomic E-state index is 10.8. The average molecular weight is 210 g/mol. The van der Waals surface area contributed by atoms with Crippen LogP contribution in [0.4, 0.5) is 0 Å². The Hall–Kier alpha value is -0.660. The van der Waals surface area contributed by atoms with Crippen molar-refractivity contribution in [2.75, 3.05) is 18.9 Å². The zero-order valence-electron chi connectivity index (χ0n) is 7.19. The molecule has 0 atom stereocenters. The minimum Gasteiger partial charge on any atom is -0.396 e. The van der Waals surface area contributed by atoms with Crippen LogP contribution in [0.25, 0.3) is 0 Å². The fourth-order valence-corrected chi connectivity index (χ4v) is 1.05. The van der Waals surface area contributed by atoms with Gasteiger partial charge >= 0.3 is 0 Å². The summed E-state index contributed by atoms with van der Waals surface area (Å²) in [6, 6.07) is 0. The predicted octanol–water partition coefficient (Wildman–Crippen LogP) is -1.84. The number of nitrogens with two attached hydrogens (primary N) is 1. The molecule has 0 aliphatic carbocycles. The Kier molecular flexibility index (Phi) is 5.60. The van der Waals surface area contributed by atoms with E-state index in [4.69, 9.17) is 10.2 Å². The SMILES string of the molecule is NS(=O)(=O)CCNC(=O)CCCO. The first-order valence-electron chi connectivity index (χ1n) is 3.84. The summed E-state index contributed by atoms with van der Waals surface area (Å²) in [5, 5.41) is 15.4. The number of hydrogen-bond acceptors (Lipinski definition) is 4. The van der Waals surface area contributed by atoms with Crippen LogP contribution in [0, 0.1) is 0 Å². The van der Waals surface area contributed by atoms with Crippen LogP contribution in [-0.2, 0) is 14.8 Å². The highest BCUT2D eigenvalue weighted by Crippen LogP contribution is 1.86. The first-order valence-corrected chi connectivity index (χ1v) is 5.55. The Morgan fingerprint density at radius 3 is 2.54 bits per heavy atom. The lowest BCUT2D eigenvalue weighted by Gasteiger charge is -2.02. The van der Waals surface area contributed by atoms with E-state index >= 15 is 0 Å². The number of aliphatic hydroxyl groups excluding tert-OH is 1. The molecule has 4 N–H and O–H groups in total. The van der Waals surface area contributed by atoms with Gasteiger partial charge in [0.1, 0.15) is 0 Å². The molecule has 0 spiro atoms. The Labute approximate surface area is 77.2 Å². The molecule has 0 saturated carbocycles. The number of primary sulfonamides is 1. The molecule has 1 amide bonds. The molecule has 0 unspecified atom stereocenters. The second-order valence-electron chi connectivity index (χ2n) is 2.54. The molecule has 0 aliphatic rings. The number of amides is 1. The van der Waals surface area contributed by atoms with Gasteiger partial charge in [0, 0.05) is 19.6 Å². The van der Waals surface area contributed by atoms with Gasteiger partial charge in [-0.15, -0.1) is 0 Å². The molecular weight excluding hydrogens is 196 g/mol. The van der Waals surface area contributed by atoms with Crippen LogP contribution in [0.15, 0.2) is 0 Å². The number of aliphatic hydroxyl groups is 1. The molecular formula is C6H14N2O4S. The Morgan fingerprint density at radius 1 is 1.46 bits per heavy atom. The van der Waals surface area contributed by atoms with Crippen LogP contribution >= 0.6 is 0 Å². The summed E-state index contributed by atoms with van der Waals surface area (Å²) < 4.78 is 20.8. The number of carbonyl (C=O) groups is 1. The molecule has 7 heteroatoms. The fourth-order valence-electron chi connectivity index (χ4n) is 0.661. The third-order valence-corrected chi connectivity index (χ3v) is 2.04. The van der Waals surface area contributed by atoms with Crippen molar-refractivity contribution in [1.29, 1.82) is 0 Å². The monoisotopic (exact) mass is 210 g/mol. The summed E-state index contributed by atoms with van der Waals surface area (Å²) in [5.41, 5.74) is 0. The molecule has 0 aromatic carbocycles. The van der Waals surface area contributed by atoms with Crippen LogP contribution in [0.5, 0.6) is 0 Å². The van der Waals surface area contributed by atoms with Crippen molar-refractivity contribution in [3.05, 3.63) is 0 Å². The number of carbonyl (C=O) groups excluding carboxylic acids is 1. The van der Waals surface area contributed by atoms with Crippen LogP contribution in [0.3, 0.4) is 0 Å². The summed E-state index contributed by atoms with van der Waals surface area (Å²) in [7, 11) is -3.50. The smallest absolute Gasteiger partial charge is 0.220 e. The van der Waals surface area contributed by atoms with E-state index in [0.717, 1.165) is 0 Å². The summed E-state index contributed by atoms with van der Waals surface area (Å²) in [6.45, 7) is -0.0360. The van der Waals surface area contributed by atoms with E-state index in [1.807, 2.05) is 0 Å². The van der Waals surface area contributed by atoms with Crippen LogP contribution in [0.1, 0.15) is 12.8 Å². The lowest BCUT2D eigenvalue weighted by atomic mass is 10.3. The molecule has 0 rings (SSSR count). The van der Waals surface area contributed by atoms with Gasteiger partial charge in [-0.25, -0.2) is 13.6 Å². The number of nitrogens with one attached hydrogen (secondary N) is 1. The standard InChI is InChI=1S/C6H14N2O4S/c7-13(11,12)5-3-8-6(10)2-1-4-9/h9H,1-5H2,(H,8,10)(H2,7,11,12). The van der Waals surface area contributed by atoms with Gasteiger partial charge in [0.2, 0.25) is 15.9 Å². The molecule has 0 radical (unpaired) electrons. The zero-order chi connectivity index (χ0) is 10.3. The van der Waals surface area contributed by atoms with Crippen molar-refractivity contribution in [1.82, 2.24) is 5.32 Å². The third-order valence-electron chi connectivity index (χ3n) is 1.27. The van der Waals surface area contributed by atoms with E-state index in [-0.39, 0.29) is 31.2 Å². The molecule has 0 saturated heterocycles. The van der Waals surface area contributed by atoms with Crippen LogP contribution in [0.2, 0.25) is 0 Å². The first-order chi connectivity index (χ1) is 5.95. The van der Waals surface area contributed by atoms with E-state index < -0.39 is 10.0 Å². The van der Waals surface area contributed by atoms with Gasteiger partial charge < -0.3 is 10.4 Å². The maximum Gasteiger partial charge on any atom is 0.220 e. The quantitative estimate of drug-likeness (QED) is 0.478. The summed E-state index contributed by atoms with van der Waals surface area (Å²) in [5.74, 6) is -0.546. The van der Waals surface area contributed by atoms with Gasteiger partial charge in [-0.1, -0.05) is 0 Å². The Balaban J connectivity index is 3.49. The van der Waals surface area contributed by atoms with Gasteiger partial charge in [-0.05, 0) is 6.42 Å². The number of hydrogen-bond donors (Lipinski definition) is 3. The summed E-state index contributed by atoms with van der Waals surface area (Å²) in [6.07, 6.45) is 0.572. The van der Waals surface area contributed by atoms with Crippen molar-refractivity contribution < 1.29 is 18.3 Å². The van der Waals surface area contributed by atoms with Crippen LogP contribution < -0.4 is 10.5 Å². The van der Waals surface area contributed by atoms with E-state index in [2.05, 4.69) is 5.32 Å². The molecule has 78 valence electrons. The minimum atomic E-state index is -3.50. The lowest BCUT2D eigenvalue weighted by molar-refractivity contribution is -0.121. The highest BCUT2D eigenvalue weighted by molar-refractivity contribution is 7.89. The highest BCUT2D eigenvalue weighted by atomic mass is 32.2.